The summed E-state index contributed by atoms with van der Waals surface area (Å²) >= 11 is 1.79. The van der Waals surface area contributed by atoms with Crippen molar-refractivity contribution in [2.75, 3.05) is 0 Å². The highest BCUT2D eigenvalue weighted by Crippen LogP contribution is 2.34. The van der Waals surface area contributed by atoms with Crippen molar-refractivity contribution < 1.29 is 0 Å². The van der Waals surface area contributed by atoms with Crippen LogP contribution in [0.2, 0.25) is 0 Å². The third-order valence-corrected chi connectivity index (χ3v) is 10.6. The van der Waals surface area contributed by atoms with Gasteiger partial charge in [0.25, 0.3) is 0 Å². The first-order valence-electron chi connectivity index (χ1n) is 17.1. The highest BCUT2D eigenvalue weighted by Gasteiger charge is 2.30. The maximum absolute atomic E-state index is 3.88. The molecule has 242 valence electrons. The quantitative estimate of drug-likeness (QED) is 0.159. The van der Waals surface area contributed by atoms with Crippen LogP contribution in [0.4, 0.5) is 0 Å². The van der Waals surface area contributed by atoms with Crippen molar-refractivity contribution in [2.24, 2.45) is 0 Å². The van der Waals surface area contributed by atoms with E-state index >= 15 is 0 Å². The predicted molar refractivity (Wildman–Crippen MR) is 207 cm³/mol. The van der Waals surface area contributed by atoms with Crippen LogP contribution in [0.25, 0.3) is 38.6 Å². The maximum atomic E-state index is 3.88. The zero-order valence-electron chi connectivity index (χ0n) is 27.4. The normalized spacial score (nSPS) is 17.6. The van der Waals surface area contributed by atoms with Crippen molar-refractivity contribution >= 4 is 33.6 Å². The highest BCUT2D eigenvalue weighted by molar-refractivity contribution is 7.99. The number of hydrogen-bond donors (Lipinski definition) is 3. The maximum Gasteiger partial charge on any atom is 0.0864 e. The molecule has 1 aromatic heterocycles. The van der Waals surface area contributed by atoms with E-state index < -0.39 is 0 Å². The molecule has 0 saturated carbocycles. The second kappa shape index (κ2) is 13.5. The van der Waals surface area contributed by atoms with Gasteiger partial charge in [-0.15, -0.1) is 0 Å². The minimum atomic E-state index is -0.0728. The molecule has 0 spiro atoms. The monoisotopic (exact) mass is 664 g/mol. The van der Waals surface area contributed by atoms with Crippen molar-refractivity contribution in [3.8, 4) is 16.8 Å². The van der Waals surface area contributed by atoms with E-state index in [1.807, 2.05) is 0 Å². The first-order chi connectivity index (χ1) is 24.8. The van der Waals surface area contributed by atoms with Gasteiger partial charge in [0.1, 0.15) is 0 Å². The lowest BCUT2D eigenvalue weighted by Crippen LogP contribution is -2.54. The van der Waals surface area contributed by atoms with Crippen LogP contribution in [0.15, 0.2) is 192 Å². The van der Waals surface area contributed by atoms with E-state index in [0.29, 0.717) is 0 Å². The Labute approximate surface area is 296 Å². The lowest BCUT2D eigenvalue weighted by molar-refractivity contribution is 0.203. The molecule has 1 fully saturated rings. The summed E-state index contributed by atoms with van der Waals surface area (Å²) in [4.78, 5) is 2.48. The van der Waals surface area contributed by atoms with Crippen molar-refractivity contribution in [1.82, 2.24) is 20.5 Å². The van der Waals surface area contributed by atoms with Gasteiger partial charge in [0, 0.05) is 26.3 Å². The van der Waals surface area contributed by atoms with Crippen LogP contribution in [0.5, 0.6) is 0 Å². The summed E-state index contributed by atoms with van der Waals surface area (Å²) in [5.41, 5.74) is 9.57. The van der Waals surface area contributed by atoms with Gasteiger partial charge in [-0.2, -0.15) is 0 Å². The molecular weight excluding hydrogens is 629 g/mol. The predicted octanol–water partition coefficient (Wildman–Crippen LogP) is 10.8. The highest BCUT2D eigenvalue weighted by atomic mass is 32.2. The number of nitrogens with zero attached hydrogens (tertiary/aromatic N) is 1. The molecule has 0 bridgehead atoms. The average Bonchev–Trinajstić information content (AvgIpc) is 3.53. The number of benzene rings is 7. The Morgan fingerprint density at radius 3 is 1.52 bits per heavy atom. The number of aromatic nitrogens is 1. The second-order valence-electron chi connectivity index (χ2n) is 12.7. The van der Waals surface area contributed by atoms with E-state index in [2.05, 4.69) is 203 Å². The van der Waals surface area contributed by atoms with Gasteiger partial charge < -0.3 is 4.57 Å². The fourth-order valence-corrected chi connectivity index (χ4v) is 7.96. The van der Waals surface area contributed by atoms with Crippen molar-refractivity contribution in [2.45, 2.75) is 28.3 Å². The van der Waals surface area contributed by atoms with E-state index in [1.54, 1.807) is 11.8 Å². The SMILES string of the molecule is c1ccc(Sc2ccc(-c3cccc(C4NC(c5ccccc5)NC(c5ccc(-n6c7ccccc7c7ccccc76)cc5)N4)c3)cc2)cc1. The lowest BCUT2D eigenvalue weighted by Gasteiger charge is -2.39. The Morgan fingerprint density at radius 2 is 0.880 bits per heavy atom. The van der Waals surface area contributed by atoms with Crippen LogP contribution in [-0.2, 0) is 0 Å². The molecule has 50 heavy (non-hydrogen) atoms. The van der Waals surface area contributed by atoms with Crippen LogP contribution in [0.1, 0.15) is 35.2 Å². The van der Waals surface area contributed by atoms with E-state index in [0.717, 1.165) is 5.69 Å². The minimum absolute atomic E-state index is 0.0394. The Hall–Kier alpha value is -5.43. The topological polar surface area (TPSA) is 41.0 Å². The number of para-hydroxylation sites is 2. The van der Waals surface area contributed by atoms with Gasteiger partial charge in [-0.25, -0.2) is 0 Å². The number of nitrogens with one attached hydrogen (secondary N) is 3. The molecule has 1 aliphatic rings. The van der Waals surface area contributed by atoms with Gasteiger partial charge >= 0.3 is 0 Å². The summed E-state index contributed by atoms with van der Waals surface area (Å²) in [5.74, 6) is 0. The van der Waals surface area contributed by atoms with E-state index in [1.165, 1.54) is 59.4 Å². The first-order valence-corrected chi connectivity index (χ1v) is 17.9. The molecule has 0 amide bonds. The van der Waals surface area contributed by atoms with Crippen LogP contribution in [0, 0.1) is 0 Å². The molecular formula is C45H36N4S. The van der Waals surface area contributed by atoms with Gasteiger partial charge in [0.2, 0.25) is 0 Å². The molecule has 0 radical (unpaired) electrons. The van der Waals surface area contributed by atoms with Crippen molar-refractivity contribution in [1.29, 1.82) is 0 Å². The lowest BCUT2D eigenvalue weighted by atomic mass is 10.00. The van der Waals surface area contributed by atoms with Crippen LogP contribution >= 0.6 is 11.8 Å². The summed E-state index contributed by atoms with van der Waals surface area (Å²) in [6.45, 7) is 0. The molecule has 2 heterocycles. The molecule has 4 nitrogen and oxygen atoms in total. The Bertz CT molecular complexity index is 2330. The minimum Gasteiger partial charge on any atom is -0.309 e. The summed E-state index contributed by atoms with van der Waals surface area (Å²) in [6, 6.07) is 65.2. The van der Waals surface area contributed by atoms with Gasteiger partial charge in [0.05, 0.1) is 29.5 Å². The average molecular weight is 665 g/mol. The summed E-state index contributed by atoms with van der Waals surface area (Å²) in [6.07, 6.45) is -0.185. The zero-order chi connectivity index (χ0) is 33.3. The molecule has 3 N–H and O–H groups in total. The summed E-state index contributed by atoms with van der Waals surface area (Å²) < 4.78 is 2.37. The fraction of sp³-hybridized carbons (Fsp3) is 0.0667. The molecule has 9 rings (SSSR count). The Balaban J connectivity index is 1.01. The summed E-state index contributed by atoms with van der Waals surface area (Å²) in [5, 5.41) is 14.1. The van der Waals surface area contributed by atoms with Crippen LogP contribution in [0.3, 0.4) is 0 Å². The van der Waals surface area contributed by atoms with E-state index in [4.69, 9.17) is 0 Å². The largest absolute Gasteiger partial charge is 0.309 e. The van der Waals surface area contributed by atoms with Crippen molar-refractivity contribution in [3.63, 3.8) is 0 Å². The molecule has 1 aliphatic heterocycles. The first kappa shape index (κ1) is 30.6. The van der Waals surface area contributed by atoms with Crippen LogP contribution < -0.4 is 16.0 Å². The molecule has 0 aliphatic carbocycles. The molecule has 1 saturated heterocycles. The number of fused-ring (bicyclic) bond motifs is 3. The molecule has 8 aromatic rings. The molecule has 5 heteroatoms. The Kier molecular flexibility index (Phi) is 8.25. The number of hydrogen-bond acceptors (Lipinski definition) is 4. The zero-order valence-corrected chi connectivity index (χ0v) is 28.2. The molecule has 3 unspecified atom stereocenters. The van der Waals surface area contributed by atoms with E-state index in [-0.39, 0.29) is 18.5 Å². The fourth-order valence-electron chi connectivity index (χ4n) is 7.12. The summed E-state index contributed by atoms with van der Waals surface area (Å²) in [7, 11) is 0. The van der Waals surface area contributed by atoms with Gasteiger partial charge in [-0.3, -0.25) is 16.0 Å². The smallest absolute Gasteiger partial charge is 0.0864 e. The Morgan fingerprint density at radius 1 is 0.380 bits per heavy atom. The van der Waals surface area contributed by atoms with Gasteiger partial charge in [-0.1, -0.05) is 139 Å². The third-order valence-electron chi connectivity index (χ3n) is 9.58. The third kappa shape index (κ3) is 6.02. The van der Waals surface area contributed by atoms with E-state index in [9.17, 15) is 0 Å². The standard InChI is InChI=1S/C45H36N4S/c1-3-12-32(13-4-1)43-46-44(33-22-26-36(27-23-33)49-41-20-9-7-18-39(41)40-19-8-10-21-42(40)49)48-45(47-43)35-15-11-14-34(30-35)31-24-28-38(29-25-31)50-37-16-5-2-6-17-37/h1-30,43-48H. The molecule has 3 atom stereocenters. The number of rotatable bonds is 7. The van der Waals surface area contributed by atoms with Gasteiger partial charge in [-0.05, 0) is 82.4 Å². The second-order valence-corrected chi connectivity index (χ2v) is 13.9. The molecule has 7 aromatic carbocycles. The van der Waals surface area contributed by atoms with Gasteiger partial charge in [0.15, 0.2) is 0 Å². The van der Waals surface area contributed by atoms with Crippen LogP contribution in [-0.4, -0.2) is 4.57 Å². The van der Waals surface area contributed by atoms with Crippen molar-refractivity contribution in [3.05, 3.63) is 199 Å².